The van der Waals surface area contributed by atoms with Gasteiger partial charge in [0.15, 0.2) is 5.78 Å². The van der Waals surface area contributed by atoms with Gasteiger partial charge in [0.2, 0.25) is 0 Å². The van der Waals surface area contributed by atoms with E-state index in [0.29, 0.717) is 11.1 Å². The second kappa shape index (κ2) is 6.24. The van der Waals surface area contributed by atoms with Crippen molar-refractivity contribution in [1.29, 1.82) is 0 Å². The maximum Gasteiger partial charge on any atom is 0.251 e. The summed E-state index contributed by atoms with van der Waals surface area (Å²) in [6.07, 6.45) is 3.07. The van der Waals surface area contributed by atoms with Crippen LogP contribution < -0.4 is 5.32 Å². The predicted octanol–water partition coefficient (Wildman–Crippen LogP) is 2.46. The normalized spacial score (nSPS) is 9.95. The maximum absolute atomic E-state index is 11.8. The Hall–Kier alpha value is -2.01. The van der Waals surface area contributed by atoms with Crippen LogP contribution in [-0.4, -0.2) is 23.2 Å². The Morgan fingerprint density at radius 2 is 1.63 bits per heavy atom. The lowest BCUT2D eigenvalue weighted by atomic mass is 10.1. The average molecular weight is 319 g/mol. The Morgan fingerprint density at radius 3 is 2.26 bits per heavy atom. The van der Waals surface area contributed by atoms with Gasteiger partial charge in [-0.15, -0.1) is 0 Å². The number of hydrogen-bond donors (Lipinski definition) is 1. The number of rotatable bonds is 4. The van der Waals surface area contributed by atoms with Gasteiger partial charge in [0.25, 0.3) is 5.91 Å². The SMILES string of the molecule is O=C(CNC(=O)c1ccncc1)c1ccc(Br)cc1. The first kappa shape index (κ1) is 13.4. The molecule has 0 saturated heterocycles. The molecule has 0 aliphatic rings. The van der Waals surface area contributed by atoms with Gasteiger partial charge in [0, 0.05) is 28.0 Å². The first-order chi connectivity index (χ1) is 9.16. The Kier molecular flexibility index (Phi) is 4.41. The van der Waals surface area contributed by atoms with E-state index in [1.807, 2.05) is 0 Å². The monoisotopic (exact) mass is 318 g/mol. The first-order valence-corrected chi connectivity index (χ1v) is 6.43. The summed E-state index contributed by atoms with van der Waals surface area (Å²) in [5.41, 5.74) is 1.05. The van der Waals surface area contributed by atoms with Crippen LogP contribution in [-0.2, 0) is 0 Å². The summed E-state index contributed by atoms with van der Waals surface area (Å²) < 4.78 is 0.907. The molecule has 96 valence electrons. The van der Waals surface area contributed by atoms with Gasteiger partial charge in [0.05, 0.1) is 6.54 Å². The summed E-state index contributed by atoms with van der Waals surface area (Å²) >= 11 is 3.30. The molecule has 0 atom stereocenters. The molecule has 0 aliphatic heterocycles. The highest BCUT2D eigenvalue weighted by Gasteiger charge is 2.09. The Bertz CT molecular complexity index is 582. The summed E-state index contributed by atoms with van der Waals surface area (Å²) in [4.78, 5) is 27.4. The lowest BCUT2D eigenvalue weighted by Crippen LogP contribution is -2.29. The molecular weight excluding hydrogens is 308 g/mol. The van der Waals surface area contributed by atoms with Crippen LogP contribution in [0.2, 0.25) is 0 Å². The van der Waals surface area contributed by atoms with Crippen molar-refractivity contribution < 1.29 is 9.59 Å². The lowest BCUT2D eigenvalue weighted by Gasteiger charge is -2.04. The summed E-state index contributed by atoms with van der Waals surface area (Å²) in [7, 11) is 0. The zero-order valence-electron chi connectivity index (χ0n) is 9.97. The Labute approximate surface area is 119 Å². The van der Waals surface area contributed by atoms with Crippen molar-refractivity contribution in [3.63, 3.8) is 0 Å². The third-order valence-corrected chi connectivity index (χ3v) is 3.05. The molecule has 1 aromatic heterocycles. The second-order valence-corrected chi connectivity index (χ2v) is 4.76. The minimum absolute atomic E-state index is 0.0250. The molecule has 0 fully saturated rings. The summed E-state index contributed by atoms with van der Waals surface area (Å²) in [6, 6.07) is 10.2. The van der Waals surface area contributed by atoms with E-state index in [9.17, 15) is 9.59 Å². The number of nitrogens with zero attached hydrogens (tertiary/aromatic N) is 1. The second-order valence-electron chi connectivity index (χ2n) is 3.85. The van der Waals surface area contributed by atoms with E-state index in [1.54, 1.807) is 36.4 Å². The van der Waals surface area contributed by atoms with Crippen LogP contribution in [0.15, 0.2) is 53.3 Å². The highest BCUT2D eigenvalue weighted by atomic mass is 79.9. The standard InChI is InChI=1S/C14H11BrN2O2/c15-12-3-1-10(2-4-12)13(18)9-17-14(19)11-5-7-16-8-6-11/h1-8H,9H2,(H,17,19). The molecule has 4 nitrogen and oxygen atoms in total. The number of aromatic nitrogens is 1. The molecule has 0 spiro atoms. The van der Waals surface area contributed by atoms with Gasteiger partial charge in [-0.25, -0.2) is 0 Å². The summed E-state index contributed by atoms with van der Waals surface area (Å²) in [5, 5.41) is 2.58. The van der Waals surface area contributed by atoms with Crippen LogP contribution in [0, 0.1) is 0 Å². The van der Waals surface area contributed by atoms with Crippen molar-refractivity contribution >= 4 is 27.6 Å². The van der Waals surface area contributed by atoms with Gasteiger partial charge < -0.3 is 5.32 Å². The van der Waals surface area contributed by atoms with E-state index in [-0.39, 0.29) is 18.2 Å². The molecule has 2 aromatic rings. The van der Waals surface area contributed by atoms with Gasteiger partial charge in [-0.1, -0.05) is 28.1 Å². The summed E-state index contributed by atoms with van der Waals surface area (Å²) in [6.45, 7) is -0.0250. The number of carbonyl (C=O) groups is 2. The average Bonchev–Trinajstić information content (AvgIpc) is 2.46. The Morgan fingerprint density at radius 1 is 1.00 bits per heavy atom. The van der Waals surface area contributed by atoms with Crippen LogP contribution in [0.4, 0.5) is 0 Å². The molecule has 0 unspecified atom stereocenters. The summed E-state index contributed by atoms with van der Waals surface area (Å²) in [5.74, 6) is -0.414. The molecule has 1 aromatic carbocycles. The van der Waals surface area contributed by atoms with Crippen LogP contribution >= 0.6 is 15.9 Å². The van der Waals surface area contributed by atoms with E-state index in [1.165, 1.54) is 12.4 Å². The van der Waals surface area contributed by atoms with Crippen LogP contribution in [0.1, 0.15) is 20.7 Å². The molecule has 0 bridgehead atoms. The van der Waals surface area contributed by atoms with Gasteiger partial charge in [-0.05, 0) is 24.3 Å². The van der Waals surface area contributed by atoms with Crippen molar-refractivity contribution in [2.75, 3.05) is 6.54 Å². The lowest BCUT2D eigenvalue weighted by molar-refractivity contribution is 0.0904. The molecule has 19 heavy (non-hydrogen) atoms. The number of carbonyl (C=O) groups excluding carboxylic acids is 2. The molecular formula is C14H11BrN2O2. The predicted molar refractivity (Wildman–Crippen MR) is 75.0 cm³/mol. The van der Waals surface area contributed by atoms with Crippen LogP contribution in [0.5, 0.6) is 0 Å². The number of amides is 1. The highest BCUT2D eigenvalue weighted by Crippen LogP contribution is 2.10. The smallest absolute Gasteiger partial charge is 0.251 e. The molecule has 0 aliphatic carbocycles. The first-order valence-electron chi connectivity index (χ1n) is 5.64. The fraction of sp³-hybridized carbons (Fsp3) is 0.0714. The van der Waals surface area contributed by atoms with E-state index in [2.05, 4.69) is 26.2 Å². The van der Waals surface area contributed by atoms with Crippen LogP contribution in [0.3, 0.4) is 0 Å². The Balaban J connectivity index is 1.94. The minimum atomic E-state index is -0.284. The van der Waals surface area contributed by atoms with Crippen molar-refractivity contribution in [2.24, 2.45) is 0 Å². The maximum atomic E-state index is 11.8. The van der Waals surface area contributed by atoms with Gasteiger partial charge in [-0.3, -0.25) is 14.6 Å². The number of halogens is 1. The van der Waals surface area contributed by atoms with Crippen molar-refractivity contribution in [3.05, 3.63) is 64.4 Å². The van der Waals surface area contributed by atoms with Crippen molar-refractivity contribution in [1.82, 2.24) is 10.3 Å². The largest absolute Gasteiger partial charge is 0.345 e. The molecule has 0 radical (unpaired) electrons. The van der Waals surface area contributed by atoms with Crippen LogP contribution in [0.25, 0.3) is 0 Å². The molecule has 1 amide bonds. The number of pyridine rings is 1. The fourth-order valence-corrected chi connectivity index (χ4v) is 1.77. The quantitative estimate of drug-likeness (QED) is 0.881. The highest BCUT2D eigenvalue weighted by molar-refractivity contribution is 9.10. The molecule has 5 heteroatoms. The number of benzene rings is 1. The number of nitrogens with one attached hydrogen (secondary N) is 1. The van der Waals surface area contributed by atoms with E-state index in [0.717, 1.165) is 4.47 Å². The zero-order chi connectivity index (χ0) is 13.7. The molecule has 2 rings (SSSR count). The molecule has 0 saturated carbocycles. The number of Topliss-reactive ketones (excluding diaryl/α,β-unsaturated/α-hetero) is 1. The van der Waals surface area contributed by atoms with Gasteiger partial charge in [-0.2, -0.15) is 0 Å². The fourth-order valence-electron chi connectivity index (χ4n) is 1.50. The third kappa shape index (κ3) is 3.72. The molecule has 1 N–H and O–H groups in total. The third-order valence-electron chi connectivity index (χ3n) is 2.52. The number of ketones is 1. The topological polar surface area (TPSA) is 59.1 Å². The zero-order valence-corrected chi connectivity index (χ0v) is 11.6. The van der Waals surface area contributed by atoms with Gasteiger partial charge >= 0.3 is 0 Å². The van der Waals surface area contributed by atoms with Crippen molar-refractivity contribution in [2.45, 2.75) is 0 Å². The van der Waals surface area contributed by atoms with E-state index in [4.69, 9.17) is 0 Å². The van der Waals surface area contributed by atoms with Gasteiger partial charge in [0.1, 0.15) is 0 Å². The molecule has 1 heterocycles. The number of hydrogen-bond acceptors (Lipinski definition) is 3. The van der Waals surface area contributed by atoms with E-state index < -0.39 is 0 Å². The van der Waals surface area contributed by atoms with E-state index >= 15 is 0 Å². The minimum Gasteiger partial charge on any atom is -0.345 e. The van der Waals surface area contributed by atoms with Crippen molar-refractivity contribution in [3.8, 4) is 0 Å².